The van der Waals surface area contributed by atoms with E-state index >= 15 is 0 Å². The highest BCUT2D eigenvalue weighted by molar-refractivity contribution is 5.81. The highest BCUT2D eigenvalue weighted by Crippen LogP contribution is 2.29. The summed E-state index contributed by atoms with van der Waals surface area (Å²) < 4.78 is 38.2. The molecule has 1 amide bonds. The number of amides is 1. The van der Waals surface area contributed by atoms with Crippen molar-refractivity contribution in [3.63, 3.8) is 0 Å². The Hall–Kier alpha value is -2.25. The van der Waals surface area contributed by atoms with E-state index in [0.717, 1.165) is 37.8 Å². The number of alkyl halides is 3. The van der Waals surface area contributed by atoms with Gasteiger partial charge in [0.15, 0.2) is 5.96 Å². The Labute approximate surface area is 157 Å². The number of nitrogens with zero attached hydrogens (tertiary/aromatic N) is 1. The van der Waals surface area contributed by atoms with Gasteiger partial charge in [-0.15, -0.1) is 0 Å². The molecule has 0 aromatic heterocycles. The Bertz CT molecular complexity index is 640. The Morgan fingerprint density at radius 1 is 1.19 bits per heavy atom. The van der Waals surface area contributed by atoms with Crippen LogP contribution in [0.3, 0.4) is 0 Å². The molecule has 150 valence electrons. The molecule has 1 aliphatic carbocycles. The molecule has 0 saturated heterocycles. The fourth-order valence-corrected chi connectivity index (χ4v) is 3.11. The second-order valence-corrected chi connectivity index (χ2v) is 6.70. The van der Waals surface area contributed by atoms with Crippen LogP contribution in [0, 0.1) is 0 Å². The van der Waals surface area contributed by atoms with Gasteiger partial charge in [-0.3, -0.25) is 9.79 Å². The predicted octanol–water partition coefficient (Wildman–Crippen LogP) is 3.21. The van der Waals surface area contributed by atoms with Gasteiger partial charge in [0, 0.05) is 32.6 Å². The number of hydrogen-bond donors (Lipinski definition) is 3. The molecule has 1 fully saturated rings. The molecule has 0 atom stereocenters. The maximum atomic E-state index is 12.7. The molecule has 8 heteroatoms. The van der Waals surface area contributed by atoms with E-state index in [4.69, 9.17) is 0 Å². The number of aliphatic imine (C=N–C) groups is 1. The minimum absolute atomic E-state index is 0.00253. The van der Waals surface area contributed by atoms with Crippen LogP contribution in [0.4, 0.5) is 13.2 Å². The molecule has 0 aliphatic heterocycles. The molecule has 27 heavy (non-hydrogen) atoms. The maximum absolute atomic E-state index is 12.7. The van der Waals surface area contributed by atoms with Crippen molar-refractivity contribution >= 4 is 11.9 Å². The molecular weight excluding hydrogens is 357 g/mol. The largest absolute Gasteiger partial charge is 0.416 e. The molecule has 1 aliphatic rings. The average Bonchev–Trinajstić information content (AvgIpc) is 2.65. The van der Waals surface area contributed by atoms with Gasteiger partial charge in [0.25, 0.3) is 0 Å². The standard InChI is InChI=1S/C19H27F3N4O/c1-23-18(24-11-10-17(27)26-16-8-3-2-4-9-16)25-13-14-6-5-7-15(12-14)19(20,21)22/h5-7,12,16H,2-4,8-11,13H2,1H3,(H,26,27)(H2,23,24,25). The molecule has 5 nitrogen and oxygen atoms in total. The Balaban J connectivity index is 1.72. The number of carbonyl (C=O) groups is 1. The van der Waals surface area contributed by atoms with E-state index in [2.05, 4.69) is 20.9 Å². The number of rotatable bonds is 6. The summed E-state index contributed by atoms with van der Waals surface area (Å²) in [5, 5.41) is 9.01. The van der Waals surface area contributed by atoms with Crippen molar-refractivity contribution in [2.24, 2.45) is 4.99 Å². The van der Waals surface area contributed by atoms with Crippen LogP contribution in [0.25, 0.3) is 0 Å². The van der Waals surface area contributed by atoms with Crippen molar-refractivity contribution in [3.8, 4) is 0 Å². The number of halogens is 3. The SMILES string of the molecule is CN=C(NCCC(=O)NC1CCCCC1)NCc1cccc(C(F)(F)F)c1. The topological polar surface area (TPSA) is 65.5 Å². The van der Waals surface area contributed by atoms with Crippen molar-refractivity contribution < 1.29 is 18.0 Å². The number of guanidine groups is 1. The fraction of sp³-hybridized carbons (Fsp3) is 0.579. The lowest BCUT2D eigenvalue weighted by Crippen LogP contribution is -2.41. The first-order chi connectivity index (χ1) is 12.9. The highest BCUT2D eigenvalue weighted by Gasteiger charge is 2.30. The Morgan fingerprint density at radius 3 is 2.59 bits per heavy atom. The molecule has 0 bridgehead atoms. The minimum atomic E-state index is -4.36. The molecular formula is C19H27F3N4O. The van der Waals surface area contributed by atoms with Crippen molar-refractivity contribution in [2.45, 2.75) is 57.3 Å². The van der Waals surface area contributed by atoms with Crippen LogP contribution in [-0.2, 0) is 17.5 Å². The number of benzene rings is 1. The zero-order valence-corrected chi connectivity index (χ0v) is 15.5. The summed E-state index contributed by atoms with van der Waals surface area (Å²) in [7, 11) is 1.57. The molecule has 0 radical (unpaired) electrons. The maximum Gasteiger partial charge on any atom is 0.416 e. The lowest BCUT2D eigenvalue weighted by Gasteiger charge is -2.22. The highest BCUT2D eigenvalue weighted by atomic mass is 19.4. The summed E-state index contributed by atoms with van der Waals surface area (Å²) in [5.74, 6) is 0.445. The lowest BCUT2D eigenvalue weighted by atomic mass is 9.95. The average molecular weight is 384 g/mol. The first kappa shape index (κ1) is 21.1. The Morgan fingerprint density at radius 2 is 1.93 bits per heavy atom. The van der Waals surface area contributed by atoms with E-state index in [0.29, 0.717) is 24.5 Å². The van der Waals surface area contributed by atoms with Gasteiger partial charge >= 0.3 is 6.18 Å². The van der Waals surface area contributed by atoms with Crippen LogP contribution in [0.2, 0.25) is 0 Å². The predicted molar refractivity (Wildman–Crippen MR) is 99.3 cm³/mol. The van der Waals surface area contributed by atoms with Gasteiger partial charge in [-0.05, 0) is 30.5 Å². The van der Waals surface area contributed by atoms with Crippen molar-refractivity contribution in [3.05, 3.63) is 35.4 Å². The van der Waals surface area contributed by atoms with Crippen molar-refractivity contribution in [1.82, 2.24) is 16.0 Å². The minimum Gasteiger partial charge on any atom is -0.356 e. The summed E-state index contributed by atoms with van der Waals surface area (Å²) in [5.41, 5.74) is -0.174. The first-order valence-electron chi connectivity index (χ1n) is 9.28. The third-order valence-electron chi connectivity index (χ3n) is 4.55. The Kier molecular flexibility index (Phi) is 7.94. The van der Waals surface area contributed by atoms with Crippen LogP contribution in [0.1, 0.15) is 49.7 Å². The van der Waals surface area contributed by atoms with Gasteiger partial charge < -0.3 is 16.0 Å². The molecule has 0 unspecified atom stereocenters. The second kappa shape index (κ2) is 10.2. The lowest BCUT2D eigenvalue weighted by molar-refractivity contribution is -0.137. The summed E-state index contributed by atoms with van der Waals surface area (Å²) in [4.78, 5) is 16.0. The summed E-state index contributed by atoms with van der Waals surface area (Å²) >= 11 is 0. The third-order valence-corrected chi connectivity index (χ3v) is 4.55. The van der Waals surface area contributed by atoms with E-state index in [1.54, 1.807) is 13.1 Å². The molecule has 3 N–H and O–H groups in total. The summed E-state index contributed by atoms with van der Waals surface area (Å²) in [6, 6.07) is 5.43. The number of nitrogens with one attached hydrogen (secondary N) is 3. The summed E-state index contributed by atoms with van der Waals surface area (Å²) in [6.07, 6.45) is 1.60. The van der Waals surface area contributed by atoms with E-state index in [-0.39, 0.29) is 18.5 Å². The van der Waals surface area contributed by atoms with Crippen LogP contribution >= 0.6 is 0 Å². The molecule has 2 rings (SSSR count). The molecule has 0 spiro atoms. The van der Waals surface area contributed by atoms with E-state index in [1.165, 1.54) is 12.5 Å². The third kappa shape index (κ3) is 7.48. The van der Waals surface area contributed by atoms with E-state index in [1.807, 2.05) is 0 Å². The van der Waals surface area contributed by atoms with Crippen LogP contribution in [0.5, 0.6) is 0 Å². The quantitative estimate of drug-likeness (QED) is 0.521. The smallest absolute Gasteiger partial charge is 0.356 e. The van der Waals surface area contributed by atoms with Gasteiger partial charge in [0.1, 0.15) is 0 Å². The zero-order valence-electron chi connectivity index (χ0n) is 15.5. The normalized spacial score (nSPS) is 16.1. The van der Waals surface area contributed by atoms with Gasteiger partial charge in [0.05, 0.1) is 5.56 Å². The second-order valence-electron chi connectivity index (χ2n) is 6.70. The molecule has 1 saturated carbocycles. The summed E-state index contributed by atoms with van der Waals surface area (Å²) in [6.45, 7) is 0.610. The fourth-order valence-electron chi connectivity index (χ4n) is 3.11. The van der Waals surface area contributed by atoms with Crippen molar-refractivity contribution in [1.29, 1.82) is 0 Å². The van der Waals surface area contributed by atoms with Crippen molar-refractivity contribution in [2.75, 3.05) is 13.6 Å². The first-order valence-corrected chi connectivity index (χ1v) is 9.28. The number of carbonyl (C=O) groups excluding carboxylic acids is 1. The monoisotopic (exact) mass is 384 g/mol. The molecule has 0 heterocycles. The van der Waals surface area contributed by atoms with E-state index < -0.39 is 11.7 Å². The number of hydrogen-bond acceptors (Lipinski definition) is 2. The van der Waals surface area contributed by atoms with Crippen LogP contribution < -0.4 is 16.0 Å². The van der Waals surface area contributed by atoms with E-state index in [9.17, 15) is 18.0 Å². The zero-order chi connectivity index (χ0) is 19.7. The van der Waals surface area contributed by atoms with Gasteiger partial charge in [-0.2, -0.15) is 13.2 Å². The molecule has 1 aromatic carbocycles. The van der Waals surface area contributed by atoms with Crippen LogP contribution in [-0.4, -0.2) is 31.5 Å². The van der Waals surface area contributed by atoms with Gasteiger partial charge in [0.2, 0.25) is 5.91 Å². The van der Waals surface area contributed by atoms with Gasteiger partial charge in [-0.25, -0.2) is 0 Å². The van der Waals surface area contributed by atoms with Gasteiger partial charge in [-0.1, -0.05) is 31.4 Å². The van der Waals surface area contributed by atoms with Crippen LogP contribution in [0.15, 0.2) is 29.3 Å². The molecule has 1 aromatic rings.